The average Bonchev–Trinajstić information content (AvgIpc) is 3.19. The number of pyridine rings is 1. The zero-order valence-electron chi connectivity index (χ0n) is 17.9. The SMILES string of the molecule is CN=C(NCCc1nnc2ccccn12)NC1CCN(Cc2ccccc2C)CC1. The van der Waals surface area contributed by atoms with Gasteiger partial charge in [-0.15, -0.1) is 10.2 Å². The van der Waals surface area contributed by atoms with Crippen molar-refractivity contribution < 1.29 is 0 Å². The molecule has 158 valence electrons. The lowest BCUT2D eigenvalue weighted by molar-refractivity contribution is 0.198. The number of piperidine rings is 1. The smallest absolute Gasteiger partial charge is 0.191 e. The molecule has 1 saturated heterocycles. The summed E-state index contributed by atoms with van der Waals surface area (Å²) in [5, 5.41) is 15.5. The molecule has 7 nitrogen and oxygen atoms in total. The number of benzene rings is 1. The van der Waals surface area contributed by atoms with Crippen molar-refractivity contribution in [2.24, 2.45) is 4.99 Å². The number of nitrogens with zero attached hydrogens (tertiary/aromatic N) is 5. The van der Waals surface area contributed by atoms with Crippen molar-refractivity contribution in [3.8, 4) is 0 Å². The van der Waals surface area contributed by atoms with E-state index in [0.29, 0.717) is 6.04 Å². The molecule has 0 saturated carbocycles. The molecule has 0 bridgehead atoms. The number of nitrogens with one attached hydrogen (secondary N) is 2. The minimum absolute atomic E-state index is 0.457. The lowest BCUT2D eigenvalue weighted by Crippen LogP contribution is -2.48. The Hall–Kier alpha value is -2.93. The van der Waals surface area contributed by atoms with Crippen molar-refractivity contribution in [2.45, 2.75) is 38.8 Å². The van der Waals surface area contributed by atoms with Gasteiger partial charge in [0, 0.05) is 51.9 Å². The fraction of sp³-hybridized carbons (Fsp3) is 0.435. The van der Waals surface area contributed by atoms with Crippen LogP contribution in [0.2, 0.25) is 0 Å². The predicted molar refractivity (Wildman–Crippen MR) is 121 cm³/mol. The van der Waals surface area contributed by atoms with Crippen LogP contribution in [0.25, 0.3) is 5.65 Å². The number of hydrogen-bond donors (Lipinski definition) is 2. The molecule has 1 aromatic carbocycles. The van der Waals surface area contributed by atoms with Gasteiger partial charge in [-0.05, 0) is 43.0 Å². The molecule has 2 aromatic heterocycles. The van der Waals surface area contributed by atoms with Crippen molar-refractivity contribution in [3.05, 3.63) is 65.6 Å². The highest BCUT2D eigenvalue weighted by Crippen LogP contribution is 2.16. The van der Waals surface area contributed by atoms with E-state index in [1.54, 1.807) is 0 Å². The van der Waals surface area contributed by atoms with Crippen molar-refractivity contribution in [1.82, 2.24) is 30.1 Å². The Bertz CT molecular complexity index is 986. The molecule has 0 unspecified atom stereocenters. The summed E-state index contributed by atoms with van der Waals surface area (Å²) >= 11 is 0. The van der Waals surface area contributed by atoms with Crippen molar-refractivity contribution >= 4 is 11.6 Å². The Morgan fingerprint density at radius 3 is 2.70 bits per heavy atom. The number of rotatable bonds is 6. The fourth-order valence-electron chi connectivity index (χ4n) is 4.01. The molecular weight excluding hydrogens is 374 g/mol. The Kier molecular flexibility index (Phi) is 6.59. The number of guanidine groups is 1. The summed E-state index contributed by atoms with van der Waals surface area (Å²) in [6.45, 7) is 6.21. The van der Waals surface area contributed by atoms with Gasteiger partial charge in [-0.2, -0.15) is 0 Å². The molecule has 0 aliphatic carbocycles. The Morgan fingerprint density at radius 2 is 1.90 bits per heavy atom. The van der Waals surface area contributed by atoms with Gasteiger partial charge in [0.15, 0.2) is 11.6 Å². The number of likely N-dealkylation sites (tertiary alicyclic amines) is 1. The molecule has 7 heteroatoms. The molecule has 0 amide bonds. The Balaban J connectivity index is 1.21. The second-order valence-electron chi connectivity index (χ2n) is 7.92. The van der Waals surface area contributed by atoms with Gasteiger partial charge in [0.25, 0.3) is 0 Å². The van der Waals surface area contributed by atoms with E-state index in [4.69, 9.17) is 0 Å². The summed E-state index contributed by atoms with van der Waals surface area (Å²) in [5.41, 5.74) is 3.69. The van der Waals surface area contributed by atoms with Crippen LogP contribution in [0.3, 0.4) is 0 Å². The van der Waals surface area contributed by atoms with Crippen molar-refractivity contribution in [2.75, 3.05) is 26.7 Å². The molecule has 0 spiro atoms. The molecule has 1 aliphatic rings. The molecule has 1 aliphatic heterocycles. The third kappa shape index (κ3) is 4.97. The van der Waals surface area contributed by atoms with Crippen molar-refractivity contribution in [1.29, 1.82) is 0 Å². The molecule has 3 aromatic rings. The summed E-state index contributed by atoms with van der Waals surface area (Å²) in [5.74, 6) is 1.82. The van der Waals surface area contributed by atoms with Gasteiger partial charge < -0.3 is 10.6 Å². The Labute approximate surface area is 178 Å². The molecule has 2 N–H and O–H groups in total. The van der Waals surface area contributed by atoms with Gasteiger partial charge in [0.05, 0.1) is 0 Å². The van der Waals surface area contributed by atoms with Crippen LogP contribution in [0.5, 0.6) is 0 Å². The number of aryl methyl sites for hydroxylation is 1. The fourth-order valence-corrected chi connectivity index (χ4v) is 4.01. The van der Waals surface area contributed by atoms with Crippen LogP contribution in [-0.2, 0) is 13.0 Å². The maximum absolute atomic E-state index is 4.40. The third-order valence-electron chi connectivity index (χ3n) is 5.83. The summed E-state index contributed by atoms with van der Waals surface area (Å²) in [7, 11) is 1.83. The first-order valence-corrected chi connectivity index (χ1v) is 10.8. The van der Waals surface area contributed by atoms with Gasteiger partial charge in [-0.3, -0.25) is 14.3 Å². The molecule has 0 radical (unpaired) electrons. The maximum Gasteiger partial charge on any atom is 0.191 e. The number of hydrogen-bond acceptors (Lipinski definition) is 4. The third-order valence-corrected chi connectivity index (χ3v) is 5.83. The van der Waals surface area contributed by atoms with Crippen molar-refractivity contribution in [3.63, 3.8) is 0 Å². The summed E-state index contributed by atoms with van der Waals surface area (Å²) in [6, 6.07) is 15.1. The van der Waals surface area contributed by atoms with E-state index in [0.717, 1.165) is 62.9 Å². The van der Waals surface area contributed by atoms with Gasteiger partial charge in [0.1, 0.15) is 5.82 Å². The van der Waals surface area contributed by atoms with Crippen LogP contribution in [0, 0.1) is 6.92 Å². The van der Waals surface area contributed by atoms with Crippen LogP contribution in [0.1, 0.15) is 29.8 Å². The minimum atomic E-state index is 0.457. The van der Waals surface area contributed by atoms with Crippen LogP contribution in [-0.4, -0.2) is 58.2 Å². The van der Waals surface area contributed by atoms with E-state index < -0.39 is 0 Å². The average molecular weight is 406 g/mol. The van der Waals surface area contributed by atoms with Crippen LogP contribution in [0.4, 0.5) is 0 Å². The van der Waals surface area contributed by atoms with Gasteiger partial charge in [0.2, 0.25) is 0 Å². The normalized spacial score (nSPS) is 16.1. The van der Waals surface area contributed by atoms with E-state index >= 15 is 0 Å². The lowest BCUT2D eigenvalue weighted by Gasteiger charge is -2.33. The quantitative estimate of drug-likeness (QED) is 0.487. The topological polar surface area (TPSA) is 69.8 Å². The molecule has 3 heterocycles. The van der Waals surface area contributed by atoms with Crippen LogP contribution < -0.4 is 10.6 Å². The standard InChI is InChI=1S/C23H31N7/c1-18-7-3-4-8-19(18)17-29-15-11-20(12-16-29)26-23(24-2)25-13-10-22-28-27-21-9-5-6-14-30(21)22/h3-9,14,20H,10-13,15-17H2,1-2H3,(H2,24,25,26). The lowest BCUT2D eigenvalue weighted by atomic mass is 10.0. The predicted octanol–water partition coefficient (Wildman–Crippen LogP) is 2.41. The largest absolute Gasteiger partial charge is 0.356 e. The number of aliphatic imine (C=N–C) groups is 1. The van der Waals surface area contributed by atoms with Gasteiger partial charge >= 0.3 is 0 Å². The first-order chi connectivity index (χ1) is 14.7. The van der Waals surface area contributed by atoms with Gasteiger partial charge in [-0.1, -0.05) is 30.3 Å². The summed E-state index contributed by atoms with van der Waals surface area (Å²) in [4.78, 5) is 6.95. The Morgan fingerprint density at radius 1 is 1.10 bits per heavy atom. The zero-order chi connectivity index (χ0) is 20.8. The van der Waals surface area contributed by atoms with E-state index in [-0.39, 0.29) is 0 Å². The second kappa shape index (κ2) is 9.71. The van der Waals surface area contributed by atoms with E-state index in [1.807, 2.05) is 35.8 Å². The van der Waals surface area contributed by atoms with E-state index in [9.17, 15) is 0 Å². The molecule has 30 heavy (non-hydrogen) atoms. The van der Waals surface area contributed by atoms with Crippen LogP contribution >= 0.6 is 0 Å². The molecule has 4 rings (SSSR count). The highest BCUT2D eigenvalue weighted by molar-refractivity contribution is 5.79. The maximum atomic E-state index is 4.40. The number of aromatic nitrogens is 3. The first-order valence-electron chi connectivity index (χ1n) is 10.8. The minimum Gasteiger partial charge on any atom is -0.356 e. The highest BCUT2D eigenvalue weighted by Gasteiger charge is 2.20. The van der Waals surface area contributed by atoms with Gasteiger partial charge in [-0.25, -0.2) is 0 Å². The zero-order valence-corrected chi connectivity index (χ0v) is 17.9. The molecule has 1 fully saturated rings. The molecular formula is C23H31N7. The number of fused-ring (bicyclic) bond motifs is 1. The van der Waals surface area contributed by atoms with E-state index in [2.05, 4.69) is 61.9 Å². The highest BCUT2D eigenvalue weighted by atomic mass is 15.3. The molecule has 0 atom stereocenters. The monoisotopic (exact) mass is 405 g/mol. The summed E-state index contributed by atoms with van der Waals surface area (Å²) in [6.07, 6.45) is 5.05. The first kappa shape index (κ1) is 20.3. The second-order valence-corrected chi connectivity index (χ2v) is 7.92. The van der Waals surface area contributed by atoms with E-state index in [1.165, 1.54) is 11.1 Å². The van der Waals surface area contributed by atoms with Crippen LogP contribution in [0.15, 0.2) is 53.7 Å². The summed E-state index contributed by atoms with van der Waals surface area (Å²) < 4.78 is 2.03.